The molecule has 0 radical (unpaired) electrons. The quantitative estimate of drug-likeness (QED) is 0.674. The van der Waals surface area contributed by atoms with Crippen LogP contribution in [0, 0.1) is 16.7 Å². The fraction of sp³-hybridized carbons (Fsp3) is 0.818. The van der Waals surface area contributed by atoms with Crippen LogP contribution in [0.2, 0.25) is 0 Å². The number of ketones is 1. The Bertz CT molecular complexity index is 650. The summed E-state index contributed by atoms with van der Waals surface area (Å²) in [6, 6.07) is -0.718. The molecule has 0 saturated carbocycles. The van der Waals surface area contributed by atoms with E-state index >= 15 is 0 Å². The lowest BCUT2D eigenvalue weighted by Crippen LogP contribution is -2.49. The third kappa shape index (κ3) is 8.15. The van der Waals surface area contributed by atoms with Crippen molar-refractivity contribution < 1.29 is 23.9 Å². The minimum atomic E-state index is -0.718. The first-order valence-electron chi connectivity index (χ1n) is 10.3. The zero-order chi connectivity index (χ0) is 22.8. The number of alkyl carbamates (subject to hydrolysis) is 1. The highest BCUT2D eigenvalue weighted by Gasteiger charge is 2.47. The summed E-state index contributed by atoms with van der Waals surface area (Å²) >= 11 is 0. The van der Waals surface area contributed by atoms with Gasteiger partial charge in [0.2, 0.25) is 11.8 Å². The molecule has 2 atom stereocenters. The number of rotatable bonds is 6. The van der Waals surface area contributed by atoms with Gasteiger partial charge in [0.25, 0.3) is 0 Å². The lowest BCUT2D eigenvalue weighted by atomic mass is 9.80. The van der Waals surface area contributed by atoms with Gasteiger partial charge in [0.05, 0.1) is 12.0 Å². The van der Waals surface area contributed by atoms with Gasteiger partial charge in [-0.1, -0.05) is 41.5 Å². The molecule has 29 heavy (non-hydrogen) atoms. The first-order valence-corrected chi connectivity index (χ1v) is 10.3. The fourth-order valence-electron chi connectivity index (χ4n) is 3.41. The van der Waals surface area contributed by atoms with Crippen LogP contribution in [0.15, 0.2) is 0 Å². The molecule has 1 N–H and O–H groups in total. The maximum atomic E-state index is 13.0. The molecule has 0 aliphatic carbocycles. The number of ether oxygens (including phenoxy) is 1. The lowest BCUT2D eigenvalue weighted by molar-refractivity contribution is -0.143. The molecule has 0 spiro atoms. The highest BCUT2D eigenvalue weighted by molar-refractivity contribution is 6.04. The molecule has 7 heteroatoms. The van der Waals surface area contributed by atoms with E-state index in [1.807, 2.05) is 41.5 Å². The first-order chi connectivity index (χ1) is 12.9. The SMILES string of the molecule is CC(C)(C)CC(=O)CC(CNC(=O)OC(C)(C)C)N1C(=O)CC(C(C)(C)C)C1=O. The summed E-state index contributed by atoms with van der Waals surface area (Å²) in [6.07, 6.45) is -0.174. The molecule has 0 bridgehead atoms. The van der Waals surface area contributed by atoms with Crippen LogP contribution in [-0.4, -0.2) is 46.8 Å². The number of nitrogens with one attached hydrogen (secondary N) is 1. The van der Waals surface area contributed by atoms with Crippen molar-refractivity contribution in [2.24, 2.45) is 16.7 Å². The van der Waals surface area contributed by atoms with E-state index in [9.17, 15) is 19.2 Å². The number of amides is 3. The molecule has 1 aliphatic rings. The van der Waals surface area contributed by atoms with Gasteiger partial charge in [0, 0.05) is 25.8 Å². The molecule has 1 aliphatic heterocycles. The molecule has 0 aromatic heterocycles. The summed E-state index contributed by atoms with van der Waals surface area (Å²) in [5.41, 5.74) is -1.23. The van der Waals surface area contributed by atoms with Crippen LogP contribution >= 0.6 is 0 Å². The Hall–Kier alpha value is -1.92. The number of imide groups is 1. The average molecular weight is 411 g/mol. The standard InChI is InChI=1S/C22H38N2O5/c1-20(2,3)12-15(25)10-14(13-23-19(28)29-22(7,8)9)24-17(26)11-16(18(24)27)21(4,5)6/h14,16H,10-13H2,1-9H3,(H,23,28). The molecule has 166 valence electrons. The Balaban J connectivity index is 3.01. The number of hydrogen-bond acceptors (Lipinski definition) is 5. The molecule has 1 rings (SSSR count). The van der Waals surface area contributed by atoms with Gasteiger partial charge in [-0.05, 0) is 31.6 Å². The number of likely N-dealkylation sites (tertiary alicyclic amines) is 1. The van der Waals surface area contributed by atoms with E-state index in [0.717, 1.165) is 0 Å². The van der Waals surface area contributed by atoms with Gasteiger partial charge in [0.1, 0.15) is 11.4 Å². The smallest absolute Gasteiger partial charge is 0.407 e. The number of carbonyl (C=O) groups is 4. The molecule has 7 nitrogen and oxygen atoms in total. The molecular formula is C22H38N2O5. The second kappa shape index (κ2) is 8.84. The zero-order valence-electron chi connectivity index (χ0n) is 19.5. The number of Topliss-reactive ketones (excluding diaryl/α,β-unsaturated/α-hetero) is 1. The van der Waals surface area contributed by atoms with Crippen molar-refractivity contribution >= 4 is 23.7 Å². The molecule has 1 heterocycles. The maximum Gasteiger partial charge on any atom is 0.407 e. The predicted molar refractivity (Wildman–Crippen MR) is 111 cm³/mol. The van der Waals surface area contributed by atoms with Crippen molar-refractivity contribution in [3.05, 3.63) is 0 Å². The van der Waals surface area contributed by atoms with Gasteiger partial charge in [-0.15, -0.1) is 0 Å². The minimum Gasteiger partial charge on any atom is -0.444 e. The van der Waals surface area contributed by atoms with E-state index in [1.165, 1.54) is 4.90 Å². The van der Waals surface area contributed by atoms with Crippen molar-refractivity contribution in [2.75, 3.05) is 6.54 Å². The van der Waals surface area contributed by atoms with E-state index < -0.39 is 23.7 Å². The van der Waals surface area contributed by atoms with Gasteiger partial charge in [-0.25, -0.2) is 4.79 Å². The molecule has 2 unspecified atom stereocenters. The van der Waals surface area contributed by atoms with E-state index in [4.69, 9.17) is 4.74 Å². The van der Waals surface area contributed by atoms with Crippen molar-refractivity contribution in [1.29, 1.82) is 0 Å². The van der Waals surface area contributed by atoms with Crippen LogP contribution in [0.5, 0.6) is 0 Å². The van der Waals surface area contributed by atoms with E-state index in [2.05, 4.69) is 5.32 Å². The van der Waals surface area contributed by atoms with Crippen molar-refractivity contribution in [3.8, 4) is 0 Å². The highest BCUT2D eigenvalue weighted by Crippen LogP contribution is 2.36. The van der Waals surface area contributed by atoms with Crippen LogP contribution in [-0.2, 0) is 19.1 Å². The van der Waals surface area contributed by atoms with Gasteiger partial charge in [-0.3, -0.25) is 19.3 Å². The van der Waals surface area contributed by atoms with Crippen LogP contribution < -0.4 is 5.32 Å². The van der Waals surface area contributed by atoms with Gasteiger partial charge < -0.3 is 10.1 Å². The Morgan fingerprint density at radius 2 is 1.62 bits per heavy atom. The third-order valence-electron chi connectivity index (χ3n) is 4.67. The maximum absolute atomic E-state index is 13.0. The molecule has 0 aromatic rings. The molecule has 0 aromatic carbocycles. The van der Waals surface area contributed by atoms with Crippen molar-refractivity contribution in [2.45, 2.75) is 93.2 Å². The Labute approximate surface area is 174 Å². The monoisotopic (exact) mass is 410 g/mol. The lowest BCUT2D eigenvalue weighted by Gasteiger charge is -2.30. The zero-order valence-corrected chi connectivity index (χ0v) is 19.5. The average Bonchev–Trinajstić information content (AvgIpc) is 2.75. The largest absolute Gasteiger partial charge is 0.444 e. The van der Waals surface area contributed by atoms with Gasteiger partial charge >= 0.3 is 6.09 Å². The van der Waals surface area contributed by atoms with Crippen LogP contribution in [0.1, 0.15) is 81.6 Å². The molecule has 1 saturated heterocycles. The second-order valence-corrected chi connectivity index (χ2v) is 11.2. The topological polar surface area (TPSA) is 92.8 Å². The van der Waals surface area contributed by atoms with Crippen LogP contribution in [0.25, 0.3) is 0 Å². The van der Waals surface area contributed by atoms with Crippen LogP contribution in [0.3, 0.4) is 0 Å². The number of nitrogens with zero attached hydrogens (tertiary/aromatic N) is 1. The fourth-order valence-corrected chi connectivity index (χ4v) is 3.41. The number of hydrogen-bond donors (Lipinski definition) is 1. The summed E-state index contributed by atoms with van der Waals surface area (Å²) < 4.78 is 5.24. The minimum absolute atomic E-state index is 0.0147. The van der Waals surface area contributed by atoms with E-state index in [-0.39, 0.29) is 47.8 Å². The van der Waals surface area contributed by atoms with Crippen LogP contribution in [0.4, 0.5) is 4.79 Å². The normalized spacial score (nSPS) is 19.3. The Morgan fingerprint density at radius 3 is 2.03 bits per heavy atom. The predicted octanol–water partition coefficient (Wildman–Crippen LogP) is 3.70. The molecule has 1 fully saturated rings. The highest BCUT2D eigenvalue weighted by atomic mass is 16.6. The van der Waals surface area contributed by atoms with E-state index in [0.29, 0.717) is 6.42 Å². The Morgan fingerprint density at radius 1 is 1.07 bits per heavy atom. The molecule has 3 amide bonds. The number of carbonyl (C=O) groups excluding carboxylic acids is 4. The summed E-state index contributed by atoms with van der Waals surface area (Å²) in [7, 11) is 0. The van der Waals surface area contributed by atoms with E-state index in [1.54, 1.807) is 20.8 Å². The summed E-state index contributed by atoms with van der Waals surface area (Å²) in [4.78, 5) is 51.5. The second-order valence-electron chi connectivity index (χ2n) is 11.2. The van der Waals surface area contributed by atoms with Crippen molar-refractivity contribution in [3.63, 3.8) is 0 Å². The Kier molecular flexibility index (Phi) is 7.66. The summed E-state index contributed by atoms with van der Waals surface area (Å²) in [6.45, 7) is 16.9. The summed E-state index contributed by atoms with van der Waals surface area (Å²) in [5, 5.41) is 2.62. The summed E-state index contributed by atoms with van der Waals surface area (Å²) in [5.74, 6) is -1.05. The third-order valence-corrected chi connectivity index (χ3v) is 4.67. The van der Waals surface area contributed by atoms with Gasteiger partial charge in [0.15, 0.2) is 0 Å². The first kappa shape index (κ1) is 25.1. The molecular weight excluding hydrogens is 372 g/mol. The van der Waals surface area contributed by atoms with Crippen molar-refractivity contribution in [1.82, 2.24) is 10.2 Å². The van der Waals surface area contributed by atoms with Gasteiger partial charge in [-0.2, -0.15) is 0 Å².